The Balaban J connectivity index is 0.00000256. The van der Waals surface area contributed by atoms with Crippen molar-refractivity contribution < 1.29 is 4.74 Å². The summed E-state index contributed by atoms with van der Waals surface area (Å²) in [5.41, 5.74) is 3.15. The number of benzene rings is 1. The summed E-state index contributed by atoms with van der Waals surface area (Å²) in [5.74, 6) is 1.07. The van der Waals surface area contributed by atoms with E-state index >= 15 is 0 Å². The molecule has 0 saturated carbocycles. The molecule has 3 fully saturated rings. The Hall–Kier alpha value is -0.860. The van der Waals surface area contributed by atoms with Crippen LogP contribution in [-0.4, -0.2) is 61.2 Å². The number of halogens is 1. The number of hydrogen-bond acceptors (Lipinski definition) is 3. The minimum atomic E-state index is 0. The molecule has 0 amide bonds. The first-order valence-corrected chi connectivity index (χ1v) is 11.6. The van der Waals surface area contributed by atoms with Crippen LogP contribution in [0.1, 0.15) is 57.1 Å². The molecule has 168 valence electrons. The second kappa shape index (κ2) is 11.1. The molecule has 2 unspecified atom stereocenters. The molecule has 1 aromatic rings. The minimum Gasteiger partial charge on any atom is -0.381 e. The van der Waals surface area contributed by atoms with Gasteiger partial charge in [0.15, 0.2) is 5.96 Å². The van der Waals surface area contributed by atoms with Crippen LogP contribution in [0, 0.1) is 5.41 Å². The Kier molecular flexibility index (Phi) is 8.83. The van der Waals surface area contributed by atoms with Crippen molar-refractivity contribution in [3.05, 3.63) is 35.4 Å². The maximum Gasteiger partial charge on any atom is 0.194 e. The van der Waals surface area contributed by atoms with Crippen LogP contribution in [0.4, 0.5) is 0 Å². The molecule has 3 saturated heterocycles. The number of aliphatic imine (C=N–C) groups is 1. The van der Waals surface area contributed by atoms with Gasteiger partial charge in [0.2, 0.25) is 0 Å². The summed E-state index contributed by atoms with van der Waals surface area (Å²) in [6.45, 7) is 12.5. The average molecular weight is 527 g/mol. The minimum absolute atomic E-state index is 0. The Morgan fingerprint density at radius 3 is 2.77 bits per heavy atom. The predicted molar refractivity (Wildman–Crippen MR) is 134 cm³/mol. The summed E-state index contributed by atoms with van der Waals surface area (Å²) < 4.78 is 5.70. The topological polar surface area (TPSA) is 40.1 Å². The van der Waals surface area contributed by atoms with E-state index in [-0.39, 0.29) is 24.0 Å². The number of nitrogens with zero attached hydrogens (tertiary/aromatic N) is 3. The van der Waals surface area contributed by atoms with E-state index in [1.807, 2.05) is 0 Å². The smallest absolute Gasteiger partial charge is 0.194 e. The lowest BCUT2D eigenvalue weighted by Crippen LogP contribution is -2.41. The van der Waals surface area contributed by atoms with Crippen LogP contribution in [-0.2, 0) is 17.8 Å². The molecule has 1 aromatic carbocycles. The van der Waals surface area contributed by atoms with E-state index in [9.17, 15) is 0 Å². The van der Waals surface area contributed by atoms with Crippen molar-refractivity contribution in [1.82, 2.24) is 15.1 Å². The number of guanidine groups is 1. The predicted octanol–water partition coefficient (Wildman–Crippen LogP) is 4.26. The third kappa shape index (κ3) is 5.68. The van der Waals surface area contributed by atoms with Crippen molar-refractivity contribution in [3.8, 4) is 0 Å². The summed E-state index contributed by atoms with van der Waals surface area (Å²) >= 11 is 0. The second-order valence-electron chi connectivity index (χ2n) is 9.23. The second-order valence-corrected chi connectivity index (χ2v) is 9.23. The third-order valence-electron chi connectivity index (χ3n) is 7.09. The van der Waals surface area contributed by atoms with Crippen molar-refractivity contribution in [1.29, 1.82) is 0 Å². The number of nitrogens with one attached hydrogen (secondary N) is 1. The quantitative estimate of drug-likeness (QED) is 0.354. The molecule has 3 aliphatic heterocycles. The van der Waals surface area contributed by atoms with Crippen LogP contribution in [0.25, 0.3) is 0 Å². The molecule has 3 heterocycles. The van der Waals surface area contributed by atoms with Gasteiger partial charge in [0.05, 0.1) is 13.2 Å². The monoisotopic (exact) mass is 526 g/mol. The summed E-state index contributed by atoms with van der Waals surface area (Å²) in [4.78, 5) is 10.2. The number of hydrogen-bond donors (Lipinski definition) is 1. The molecule has 4 rings (SSSR count). The lowest BCUT2D eigenvalue weighted by Gasteiger charge is -2.33. The zero-order valence-corrected chi connectivity index (χ0v) is 21.1. The van der Waals surface area contributed by atoms with E-state index < -0.39 is 0 Å². The molecule has 2 atom stereocenters. The van der Waals surface area contributed by atoms with Crippen LogP contribution in [0.5, 0.6) is 0 Å². The number of ether oxygens (including phenoxy) is 1. The van der Waals surface area contributed by atoms with Gasteiger partial charge in [-0.1, -0.05) is 30.7 Å². The van der Waals surface area contributed by atoms with E-state index in [1.165, 1.54) is 49.8 Å². The first-order chi connectivity index (χ1) is 14.2. The number of piperidine rings is 1. The Morgan fingerprint density at radius 1 is 1.20 bits per heavy atom. The molecule has 30 heavy (non-hydrogen) atoms. The number of rotatable bonds is 5. The molecule has 1 N–H and O–H groups in total. The van der Waals surface area contributed by atoms with Crippen LogP contribution in [0.2, 0.25) is 0 Å². The Morgan fingerprint density at radius 2 is 2.03 bits per heavy atom. The fourth-order valence-electron chi connectivity index (χ4n) is 5.15. The van der Waals surface area contributed by atoms with Gasteiger partial charge in [0.25, 0.3) is 0 Å². The highest BCUT2D eigenvalue weighted by Crippen LogP contribution is 2.38. The van der Waals surface area contributed by atoms with Crippen LogP contribution < -0.4 is 5.32 Å². The van der Waals surface area contributed by atoms with Gasteiger partial charge < -0.3 is 15.0 Å². The first kappa shape index (κ1) is 23.8. The average Bonchev–Trinajstić information content (AvgIpc) is 3.38. The molecule has 3 aliphatic rings. The molecular formula is C24H39IN4O. The van der Waals surface area contributed by atoms with Gasteiger partial charge in [-0.3, -0.25) is 4.90 Å². The molecule has 6 heteroatoms. The molecule has 0 aliphatic carbocycles. The highest BCUT2D eigenvalue weighted by molar-refractivity contribution is 14.0. The SMILES string of the molecule is CCNC(=NCc1ccccc1CN1CCCCC1C)N1CCC2(CCOC2)C1.I. The number of likely N-dealkylation sites (tertiary alicyclic amines) is 2. The maximum absolute atomic E-state index is 5.70. The largest absolute Gasteiger partial charge is 0.381 e. The lowest BCUT2D eigenvalue weighted by molar-refractivity contribution is 0.152. The van der Waals surface area contributed by atoms with E-state index in [0.29, 0.717) is 11.5 Å². The fraction of sp³-hybridized carbons (Fsp3) is 0.708. The van der Waals surface area contributed by atoms with E-state index in [2.05, 4.69) is 53.2 Å². The van der Waals surface area contributed by atoms with E-state index in [1.54, 1.807) is 0 Å². The molecule has 5 nitrogen and oxygen atoms in total. The van der Waals surface area contributed by atoms with Crippen molar-refractivity contribution in [2.75, 3.05) is 39.4 Å². The highest BCUT2D eigenvalue weighted by Gasteiger charge is 2.42. The van der Waals surface area contributed by atoms with Crippen molar-refractivity contribution >= 4 is 29.9 Å². The summed E-state index contributed by atoms with van der Waals surface area (Å²) in [5, 5.41) is 3.53. The van der Waals surface area contributed by atoms with Crippen LogP contribution >= 0.6 is 24.0 Å². The highest BCUT2D eigenvalue weighted by atomic mass is 127. The van der Waals surface area contributed by atoms with Gasteiger partial charge in [-0.25, -0.2) is 4.99 Å². The molecule has 0 aromatic heterocycles. The summed E-state index contributed by atoms with van der Waals surface area (Å²) in [6, 6.07) is 9.56. The third-order valence-corrected chi connectivity index (χ3v) is 7.09. The molecule has 1 spiro atoms. The van der Waals surface area contributed by atoms with Crippen LogP contribution in [0.3, 0.4) is 0 Å². The lowest BCUT2D eigenvalue weighted by atomic mass is 9.87. The van der Waals surface area contributed by atoms with Gasteiger partial charge in [-0.15, -0.1) is 24.0 Å². The maximum atomic E-state index is 5.70. The van der Waals surface area contributed by atoms with E-state index in [4.69, 9.17) is 9.73 Å². The van der Waals surface area contributed by atoms with Gasteiger partial charge >= 0.3 is 0 Å². The fourth-order valence-corrected chi connectivity index (χ4v) is 5.15. The van der Waals surface area contributed by atoms with Crippen molar-refractivity contribution in [2.24, 2.45) is 10.4 Å². The van der Waals surface area contributed by atoms with Crippen molar-refractivity contribution in [2.45, 2.75) is 65.1 Å². The van der Waals surface area contributed by atoms with Crippen molar-refractivity contribution in [3.63, 3.8) is 0 Å². The zero-order valence-electron chi connectivity index (χ0n) is 18.7. The molecule has 0 radical (unpaired) electrons. The van der Waals surface area contributed by atoms with Gasteiger partial charge in [0, 0.05) is 44.2 Å². The Labute approximate surface area is 199 Å². The van der Waals surface area contributed by atoms with Gasteiger partial charge in [-0.05, 0) is 57.2 Å². The first-order valence-electron chi connectivity index (χ1n) is 11.6. The van der Waals surface area contributed by atoms with Gasteiger partial charge in [0.1, 0.15) is 0 Å². The summed E-state index contributed by atoms with van der Waals surface area (Å²) in [7, 11) is 0. The Bertz CT molecular complexity index is 704. The normalized spacial score (nSPS) is 27.5. The van der Waals surface area contributed by atoms with Crippen LogP contribution in [0.15, 0.2) is 29.3 Å². The standard InChI is InChI=1S/C24H38N4O.HI/c1-3-25-23(28-14-11-24(18-28)12-15-29-19-24)26-16-21-9-4-5-10-22(21)17-27-13-7-6-8-20(27)2;/h4-5,9-10,20H,3,6-8,11-19H2,1-2H3,(H,25,26);1H. The summed E-state index contributed by atoms with van der Waals surface area (Å²) in [6.07, 6.45) is 6.44. The van der Waals surface area contributed by atoms with E-state index in [0.717, 1.165) is 51.9 Å². The zero-order chi connectivity index (χ0) is 20.1. The molecule has 0 bridgehead atoms. The van der Waals surface area contributed by atoms with Gasteiger partial charge in [-0.2, -0.15) is 0 Å². The molecular weight excluding hydrogens is 487 g/mol.